The molecule has 0 spiro atoms. The van der Waals surface area contributed by atoms with Gasteiger partial charge in [-0.1, -0.05) is 11.8 Å². The van der Waals surface area contributed by atoms with Crippen LogP contribution in [0.3, 0.4) is 0 Å². The van der Waals surface area contributed by atoms with Gasteiger partial charge in [-0.3, -0.25) is 9.59 Å². The molecule has 0 aliphatic carbocycles. The molecule has 4 heteroatoms. The quantitative estimate of drug-likeness (QED) is 0.499. The number of carbonyl (C=O) groups is 2. The second kappa shape index (κ2) is 6.96. The summed E-state index contributed by atoms with van der Waals surface area (Å²) in [6, 6.07) is 0. The van der Waals surface area contributed by atoms with E-state index in [0.717, 1.165) is 0 Å². The number of carbonyl (C=O) groups excluding carboxylic acids is 2. The molecule has 0 aliphatic heterocycles. The van der Waals surface area contributed by atoms with E-state index in [1.54, 1.807) is 6.92 Å². The first kappa shape index (κ1) is 12.5. The predicted molar refractivity (Wildman–Crippen MR) is 50.3 cm³/mol. The lowest BCUT2D eigenvalue weighted by Gasteiger charge is -2.06. The van der Waals surface area contributed by atoms with E-state index in [9.17, 15) is 9.59 Å². The third-order valence-corrected chi connectivity index (χ3v) is 1.23. The van der Waals surface area contributed by atoms with Crippen LogP contribution in [0.4, 0.5) is 0 Å². The Morgan fingerprint density at radius 1 is 1.21 bits per heavy atom. The third kappa shape index (κ3) is 8.60. The number of ether oxygens (including phenoxy) is 2. The normalized spacial score (nSPS) is 10.8. The van der Waals surface area contributed by atoms with Crippen molar-refractivity contribution in [1.82, 2.24) is 0 Å². The van der Waals surface area contributed by atoms with Gasteiger partial charge in [-0.05, 0) is 6.92 Å². The molecule has 0 fully saturated rings. The van der Waals surface area contributed by atoms with Crippen molar-refractivity contribution in [3.63, 3.8) is 0 Å². The van der Waals surface area contributed by atoms with Gasteiger partial charge >= 0.3 is 11.9 Å². The minimum Gasteiger partial charge on any atom is -0.462 e. The average molecular weight is 198 g/mol. The van der Waals surface area contributed by atoms with Crippen LogP contribution in [-0.4, -0.2) is 24.6 Å². The molecule has 0 unspecified atom stereocenters. The lowest BCUT2D eigenvalue weighted by atomic mass is 10.3. The number of esters is 2. The first-order chi connectivity index (χ1) is 6.52. The minimum absolute atomic E-state index is 0.0854. The summed E-state index contributed by atoms with van der Waals surface area (Å²) < 4.78 is 9.41. The van der Waals surface area contributed by atoms with Crippen LogP contribution in [0.15, 0.2) is 0 Å². The fourth-order valence-electron chi connectivity index (χ4n) is 0.730. The van der Waals surface area contributed by atoms with Gasteiger partial charge < -0.3 is 9.47 Å². The molecule has 0 aromatic heterocycles. The molecule has 0 rings (SSSR count). The van der Waals surface area contributed by atoms with Crippen molar-refractivity contribution in [3.05, 3.63) is 0 Å². The molecular formula is C10H14O4. The summed E-state index contributed by atoms with van der Waals surface area (Å²) in [6.45, 7) is 4.51. The minimum atomic E-state index is -0.354. The molecule has 0 N–H and O–H groups in total. The smallest absolute Gasteiger partial charge is 0.303 e. The Hall–Kier alpha value is -1.50. The highest BCUT2D eigenvalue weighted by molar-refractivity contribution is 5.66. The van der Waals surface area contributed by atoms with E-state index < -0.39 is 0 Å². The third-order valence-electron chi connectivity index (χ3n) is 1.23. The molecule has 0 amide bonds. The Labute approximate surface area is 83.6 Å². The molecule has 0 aliphatic rings. The van der Waals surface area contributed by atoms with Crippen LogP contribution in [-0.2, 0) is 19.1 Å². The summed E-state index contributed by atoms with van der Waals surface area (Å²) in [4.78, 5) is 20.8. The van der Waals surface area contributed by atoms with E-state index in [1.165, 1.54) is 13.8 Å². The maximum Gasteiger partial charge on any atom is 0.303 e. The van der Waals surface area contributed by atoms with Crippen molar-refractivity contribution in [2.45, 2.75) is 33.3 Å². The Morgan fingerprint density at radius 2 is 1.86 bits per heavy atom. The second-order valence-electron chi connectivity index (χ2n) is 2.76. The van der Waals surface area contributed by atoms with Crippen molar-refractivity contribution in [2.24, 2.45) is 0 Å². The molecule has 78 valence electrons. The summed E-state index contributed by atoms with van der Waals surface area (Å²) in [6.07, 6.45) is 0.221. The van der Waals surface area contributed by atoms with Crippen molar-refractivity contribution in [2.75, 3.05) is 6.61 Å². The first-order valence-corrected chi connectivity index (χ1v) is 4.28. The van der Waals surface area contributed by atoms with E-state index in [4.69, 9.17) is 4.74 Å². The average Bonchev–Trinajstić information content (AvgIpc) is 2.01. The summed E-state index contributed by atoms with van der Waals surface area (Å²) in [5, 5.41) is 0. The molecule has 0 saturated heterocycles. The van der Waals surface area contributed by atoms with Gasteiger partial charge in [0.2, 0.25) is 0 Å². The van der Waals surface area contributed by atoms with Gasteiger partial charge in [0.05, 0.1) is 0 Å². The zero-order valence-corrected chi connectivity index (χ0v) is 8.62. The molecule has 0 aromatic carbocycles. The monoisotopic (exact) mass is 198 g/mol. The van der Waals surface area contributed by atoms with Crippen molar-refractivity contribution in [1.29, 1.82) is 0 Å². The first-order valence-electron chi connectivity index (χ1n) is 4.28. The zero-order valence-electron chi connectivity index (χ0n) is 8.62. The standard InChI is InChI=1S/C10H14O4/c1-8(14-10(3)12)6-4-5-7-13-9(2)11/h8H,6-7H2,1-3H3/t8-/m0/s1. The Morgan fingerprint density at radius 3 is 2.36 bits per heavy atom. The summed E-state index contributed by atoms with van der Waals surface area (Å²) in [5.41, 5.74) is 0. The van der Waals surface area contributed by atoms with E-state index in [0.29, 0.717) is 6.42 Å². The van der Waals surface area contributed by atoms with Gasteiger partial charge in [0, 0.05) is 20.3 Å². The molecule has 0 aromatic rings. The SMILES string of the molecule is CC(=O)OCC#CC[C@H](C)OC(C)=O. The Balaban J connectivity index is 3.59. The van der Waals surface area contributed by atoms with Crippen molar-refractivity contribution < 1.29 is 19.1 Å². The number of rotatable bonds is 3. The zero-order chi connectivity index (χ0) is 11.0. The highest BCUT2D eigenvalue weighted by Gasteiger charge is 2.01. The van der Waals surface area contributed by atoms with Gasteiger partial charge in [-0.15, -0.1) is 0 Å². The summed E-state index contributed by atoms with van der Waals surface area (Å²) in [7, 11) is 0. The van der Waals surface area contributed by atoms with Gasteiger partial charge in [-0.25, -0.2) is 0 Å². The number of hydrogen-bond donors (Lipinski definition) is 0. The molecule has 0 heterocycles. The van der Waals surface area contributed by atoms with Gasteiger partial charge in [0.25, 0.3) is 0 Å². The summed E-state index contributed by atoms with van der Waals surface area (Å²) >= 11 is 0. The highest BCUT2D eigenvalue weighted by Crippen LogP contribution is 1.95. The number of hydrogen-bond acceptors (Lipinski definition) is 4. The molecule has 0 radical (unpaired) electrons. The van der Waals surface area contributed by atoms with Gasteiger partial charge in [-0.2, -0.15) is 0 Å². The van der Waals surface area contributed by atoms with E-state index >= 15 is 0 Å². The van der Waals surface area contributed by atoms with Crippen LogP contribution >= 0.6 is 0 Å². The van der Waals surface area contributed by atoms with Crippen LogP contribution in [0.25, 0.3) is 0 Å². The van der Waals surface area contributed by atoms with Crippen LogP contribution in [0.5, 0.6) is 0 Å². The lowest BCUT2D eigenvalue weighted by molar-refractivity contribution is -0.145. The maximum absolute atomic E-state index is 10.5. The van der Waals surface area contributed by atoms with E-state index in [-0.39, 0.29) is 24.6 Å². The molecular weight excluding hydrogens is 184 g/mol. The molecule has 0 bridgehead atoms. The van der Waals surface area contributed by atoms with Gasteiger partial charge in [0.15, 0.2) is 6.61 Å². The van der Waals surface area contributed by atoms with E-state index in [2.05, 4.69) is 16.6 Å². The maximum atomic E-state index is 10.5. The Kier molecular flexibility index (Phi) is 6.21. The Bertz CT molecular complexity index is 259. The van der Waals surface area contributed by atoms with Crippen LogP contribution in [0.2, 0.25) is 0 Å². The van der Waals surface area contributed by atoms with Gasteiger partial charge in [0.1, 0.15) is 6.10 Å². The summed E-state index contributed by atoms with van der Waals surface area (Å²) in [5.74, 6) is 4.70. The fourth-order valence-corrected chi connectivity index (χ4v) is 0.730. The molecule has 14 heavy (non-hydrogen) atoms. The van der Waals surface area contributed by atoms with Crippen LogP contribution in [0.1, 0.15) is 27.2 Å². The lowest BCUT2D eigenvalue weighted by Crippen LogP contribution is -2.11. The fraction of sp³-hybridized carbons (Fsp3) is 0.600. The molecule has 1 atom stereocenters. The second-order valence-corrected chi connectivity index (χ2v) is 2.76. The topological polar surface area (TPSA) is 52.6 Å². The van der Waals surface area contributed by atoms with Crippen LogP contribution < -0.4 is 0 Å². The molecule has 4 nitrogen and oxygen atoms in total. The van der Waals surface area contributed by atoms with Crippen molar-refractivity contribution >= 4 is 11.9 Å². The predicted octanol–water partition coefficient (Wildman–Crippen LogP) is 0.895. The van der Waals surface area contributed by atoms with Crippen LogP contribution in [0, 0.1) is 11.8 Å². The van der Waals surface area contributed by atoms with Crippen molar-refractivity contribution in [3.8, 4) is 11.8 Å². The highest BCUT2D eigenvalue weighted by atomic mass is 16.5. The molecule has 0 saturated carbocycles. The van der Waals surface area contributed by atoms with E-state index in [1.807, 2.05) is 0 Å². The largest absolute Gasteiger partial charge is 0.462 e.